The molecule has 114 valence electrons. The van der Waals surface area contributed by atoms with Crippen LogP contribution in [-0.2, 0) is 0 Å². The van der Waals surface area contributed by atoms with Crippen molar-refractivity contribution in [3.63, 3.8) is 0 Å². The molecule has 0 aliphatic heterocycles. The first-order valence-electron chi connectivity index (χ1n) is 6.32. The Morgan fingerprint density at radius 1 is 1.33 bits per heavy atom. The third-order valence-electron chi connectivity index (χ3n) is 2.73. The Morgan fingerprint density at radius 3 is 2.67 bits per heavy atom. The van der Waals surface area contributed by atoms with E-state index in [1.54, 1.807) is 18.2 Å². The monoisotopic (exact) mass is 316 g/mol. The number of nitrogens with one attached hydrogen (secondary N) is 1. The Morgan fingerprint density at radius 2 is 2.05 bits per heavy atom. The maximum Gasteiger partial charge on any atom is 0.422 e. The van der Waals surface area contributed by atoms with Crippen molar-refractivity contribution < 1.29 is 17.9 Å². The van der Waals surface area contributed by atoms with Gasteiger partial charge in [0.2, 0.25) is 0 Å². The average molecular weight is 316 g/mol. The fourth-order valence-corrected chi connectivity index (χ4v) is 2.46. The molecular formula is C14H15F3N2OS. The van der Waals surface area contributed by atoms with Crippen LogP contribution in [0.3, 0.4) is 0 Å². The van der Waals surface area contributed by atoms with Gasteiger partial charge in [0.25, 0.3) is 0 Å². The zero-order chi connectivity index (χ0) is 15.5. The normalized spacial score (nSPS) is 13.0. The van der Waals surface area contributed by atoms with Gasteiger partial charge in [-0.25, -0.2) is 4.98 Å². The number of nitrogens with zero attached hydrogens (tertiary/aromatic N) is 1. The summed E-state index contributed by atoms with van der Waals surface area (Å²) in [7, 11) is 0. The summed E-state index contributed by atoms with van der Waals surface area (Å²) in [5.41, 5.74) is 1.36. The van der Waals surface area contributed by atoms with Crippen molar-refractivity contribution in [2.75, 3.05) is 11.9 Å². The molecular weight excluding hydrogens is 301 g/mol. The first kappa shape index (κ1) is 15.6. The van der Waals surface area contributed by atoms with E-state index in [0.29, 0.717) is 5.69 Å². The van der Waals surface area contributed by atoms with Crippen molar-refractivity contribution in [1.29, 1.82) is 0 Å². The van der Waals surface area contributed by atoms with E-state index < -0.39 is 12.8 Å². The largest absolute Gasteiger partial charge is 0.482 e. The van der Waals surface area contributed by atoms with Crippen molar-refractivity contribution in [3.05, 3.63) is 40.3 Å². The molecule has 1 atom stereocenters. The molecule has 0 radical (unpaired) electrons. The molecule has 2 aromatic rings. The molecule has 0 spiro atoms. The minimum Gasteiger partial charge on any atom is -0.482 e. The number of para-hydroxylation sites is 2. The van der Waals surface area contributed by atoms with Gasteiger partial charge < -0.3 is 10.1 Å². The lowest BCUT2D eigenvalue weighted by molar-refractivity contribution is -0.153. The molecule has 0 bridgehead atoms. The number of rotatable bonds is 5. The first-order chi connectivity index (χ1) is 9.85. The summed E-state index contributed by atoms with van der Waals surface area (Å²) in [6, 6.07) is 6.44. The number of aryl methyl sites for hydroxylation is 1. The number of thiazole rings is 1. The maximum absolute atomic E-state index is 12.2. The van der Waals surface area contributed by atoms with Crippen LogP contribution in [0, 0.1) is 6.92 Å². The van der Waals surface area contributed by atoms with Gasteiger partial charge in [0.1, 0.15) is 5.75 Å². The summed E-state index contributed by atoms with van der Waals surface area (Å²) >= 11 is 1.53. The predicted octanol–water partition coefficient (Wildman–Crippen LogP) is 4.57. The first-order valence-corrected chi connectivity index (χ1v) is 7.20. The van der Waals surface area contributed by atoms with E-state index in [1.165, 1.54) is 17.4 Å². The number of anilines is 1. The second-order valence-electron chi connectivity index (χ2n) is 4.56. The molecule has 3 nitrogen and oxygen atoms in total. The van der Waals surface area contributed by atoms with Crippen LogP contribution in [0.1, 0.15) is 23.7 Å². The van der Waals surface area contributed by atoms with Crippen molar-refractivity contribution in [2.24, 2.45) is 0 Å². The molecule has 0 saturated heterocycles. The number of hydrogen-bond donors (Lipinski definition) is 1. The highest BCUT2D eigenvalue weighted by molar-refractivity contribution is 7.09. The van der Waals surface area contributed by atoms with Crippen molar-refractivity contribution in [1.82, 2.24) is 4.98 Å². The van der Waals surface area contributed by atoms with Gasteiger partial charge >= 0.3 is 6.18 Å². The summed E-state index contributed by atoms with van der Waals surface area (Å²) < 4.78 is 41.6. The molecule has 1 aromatic heterocycles. The number of alkyl halides is 3. The molecule has 1 aromatic carbocycles. The van der Waals surface area contributed by atoms with E-state index in [1.807, 2.05) is 19.2 Å². The fraction of sp³-hybridized carbons (Fsp3) is 0.357. The molecule has 1 N–H and O–H groups in total. The van der Waals surface area contributed by atoms with Crippen LogP contribution in [0.2, 0.25) is 0 Å². The molecule has 7 heteroatoms. The zero-order valence-corrected chi connectivity index (χ0v) is 12.4. The summed E-state index contributed by atoms with van der Waals surface area (Å²) in [6.07, 6.45) is -4.36. The van der Waals surface area contributed by atoms with Crippen LogP contribution in [0.25, 0.3) is 0 Å². The lowest BCUT2D eigenvalue weighted by atomic mass is 10.2. The molecule has 21 heavy (non-hydrogen) atoms. The molecule has 0 amide bonds. The zero-order valence-electron chi connectivity index (χ0n) is 11.6. The Kier molecular flexibility index (Phi) is 4.72. The Hall–Kier alpha value is -1.76. The van der Waals surface area contributed by atoms with Gasteiger partial charge in [0.05, 0.1) is 22.4 Å². The van der Waals surface area contributed by atoms with Crippen molar-refractivity contribution >= 4 is 17.0 Å². The van der Waals surface area contributed by atoms with Crippen LogP contribution in [-0.4, -0.2) is 17.8 Å². The molecule has 0 aliphatic carbocycles. The minimum atomic E-state index is -4.36. The van der Waals surface area contributed by atoms with Crippen LogP contribution < -0.4 is 10.1 Å². The molecule has 1 unspecified atom stereocenters. The number of aromatic nitrogens is 1. The smallest absolute Gasteiger partial charge is 0.422 e. The van der Waals surface area contributed by atoms with Gasteiger partial charge in [-0.1, -0.05) is 12.1 Å². The third-order valence-corrected chi connectivity index (χ3v) is 3.52. The van der Waals surface area contributed by atoms with Crippen LogP contribution in [0.4, 0.5) is 18.9 Å². The highest BCUT2D eigenvalue weighted by Gasteiger charge is 2.28. The number of benzene rings is 1. The summed E-state index contributed by atoms with van der Waals surface area (Å²) in [5, 5.41) is 6.00. The van der Waals surface area contributed by atoms with E-state index in [-0.39, 0.29) is 11.8 Å². The second kappa shape index (κ2) is 6.34. The lowest BCUT2D eigenvalue weighted by Gasteiger charge is -2.17. The van der Waals surface area contributed by atoms with E-state index in [4.69, 9.17) is 4.74 Å². The molecule has 1 heterocycles. The molecule has 0 fully saturated rings. The van der Waals surface area contributed by atoms with Gasteiger partial charge in [-0.15, -0.1) is 11.3 Å². The number of ether oxygens (including phenoxy) is 1. The summed E-state index contributed by atoms with van der Waals surface area (Å²) in [6.45, 7) is 2.49. The molecule has 0 saturated carbocycles. The van der Waals surface area contributed by atoms with Gasteiger partial charge in [0, 0.05) is 5.38 Å². The van der Waals surface area contributed by atoms with Gasteiger partial charge in [-0.2, -0.15) is 13.2 Å². The van der Waals surface area contributed by atoms with E-state index in [2.05, 4.69) is 10.3 Å². The number of hydrogen-bond acceptors (Lipinski definition) is 4. The van der Waals surface area contributed by atoms with Crippen molar-refractivity contribution in [2.45, 2.75) is 26.1 Å². The van der Waals surface area contributed by atoms with Crippen molar-refractivity contribution in [3.8, 4) is 5.75 Å². The maximum atomic E-state index is 12.2. The van der Waals surface area contributed by atoms with Crippen LogP contribution >= 0.6 is 11.3 Å². The van der Waals surface area contributed by atoms with E-state index in [0.717, 1.165) is 10.7 Å². The predicted molar refractivity (Wildman–Crippen MR) is 76.9 cm³/mol. The topological polar surface area (TPSA) is 34.2 Å². The highest BCUT2D eigenvalue weighted by Crippen LogP contribution is 2.29. The Balaban J connectivity index is 2.09. The molecule has 2 rings (SSSR count). The van der Waals surface area contributed by atoms with E-state index >= 15 is 0 Å². The Labute approximate surface area is 124 Å². The highest BCUT2D eigenvalue weighted by atomic mass is 32.1. The van der Waals surface area contributed by atoms with Gasteiger partial charge in [-0.05, 0) is 26.0 Å². The van der Waals surface area contributed by atoms with E-state index in [9.17, 15) is 13.2 Å². The SMILES string of the molecule is Cc1nc(C(C)Nc2ccccc2OCC(F)(F)F)cs1. The summed E-state index contributed by atoms with van der Waals surface area (Å²) in [5.74, 6) is 0.175. The minimum absolute atomic E-state index is 0.120. The quantitative estimate of drug-likeness (QED) is 0.877. The van der Waals surface area contributed by atoms with Gasteiger partial charge in [0.15, 0.2) is 6.61 Å². The van der Waals surface area contributed by atoms with Crippen LogP contribution in [0.5, 0.6) is 5.75 Å². The number of halogens is 3. The molecule has 0 aliphatic rings. The standard InChI is InChI=1S/C14H15F3N2OS/c1-9(12-7-21-10(2)19-12)18-11-5-3-4-6-13(11)20-8-14(15,16)17/h3-7,9,18H,8H2,1-2H3. The van der Waals surface area contributed by atoms with Crippen LogP contribution in [0.15, 0.2) is 29.6 Å². The second-order valence-corrected chi connectivity index (χ2v) is 5.62. The van der Waals surface area contributed by atoms with Gasteiger partial charge in [-0.3, -0.25) is 0 Å². The summed E-state index contributed by atoms with van der Waals surface area (Å²) in [4.78, 5) is 4.36. The Bertz CT molecular complexity index is 598. The third kappa shape index (κ3) is 4.63. The fourth-order valence-electron chi connectivity index (χ4n) is 1.76. The lowest BCUT2D eigenvalue weighted by Crippen LogP contribution is -2.20. The average Bonchev–Trinajstić information content (AvgIpc) is 2.83.